The molecule has 0 amide bonds. The first-order valence-electron chi connectivity index (χ1n) is 9.92. The Morgan fingerprint density at radius 1 is 1.13 bits per heavy atom. The van der Waals surface area contributed by atoms with Crippen LogP contribution in [0.3, 0.4) is 0 Å². The van der Waals surface area contributed by atoms with E-state index in [0.29, 0.717) is 18.9 Å². The van der Waals surface area contributed by atoms with Gasteiger partial charge in [-0.3, -0.25) is 0 Å². The number of carbonyl (C=O) groups is 1. The standard InChI is InChI=1S/C25H20N2O3S/c1-31-25-26-21-8-4-5-9-22(21)27(25)13-12-19-18-7-3-2-6-17(18)15-30-23-11-10-16(24(28)29)14-20(19)23/h2-12,14H,13,15H2,1H3,(H,28,29)/p-1/b19-12+. The number of rotatable bonds is 4. The summed E-state index contributed by atoms with van der Waals surface area (Å²) in [4.78, 5) is 16.2. The van der Waals surface area contributed by atoms with E-state index in [-0.39, 0.29) is 5.56 Å². The molecule has 0 atom stereocenters. The first-order valence-corrected chi connectivity index (χ1v) is 11.1. The molecule has 154 valence electrons. The lowest BCUT2D eigenvalue weighted by molar-refractivity contribution is -0.255. The Kier molecular flexibility index (Phi) is 5.00. The van der Waals surface area contributed by atoms with E-state index in [4.69, 9.17) is 9.72 Å². The fourth-order valence-corrected chi connectivity index (χ4v) is 4.57. The number of nitrogens with zero attached hydrogens (tertiary/aromatic N) is 2. The highest BCUT2D eigenvalue weighted by Crippen LogP contribution is 2.37. The molecule has 0 bridgehead atoms. The molecule has 1 aromatic heterocycles. The summed E-state index contributed by atoms with van der Waals surface area (Å²) in [7, 11) is 0. The average molecular weight is 428 g/mol. The molecule has 2 heterocycles. The SMILES string of the molecule is CSc1nc2ccccc2n1C/C=C1\c2ccccc2COc2ccc(C(=O)[O-])cc21. The molecule has 0 N–H and O–H groups in total. The van der Waals surface area contributed by atoms with Gasteiger partial charge in [-0.25, -0.2) is 4.98 Å². The maximum Gasteiger partial charge on any atom is 0.169 e. The second-order valence-electron chi connectivity index (χ2n) is 7.26. The van der Waals surface area contributed by atoms with Gasteiger partial charge in [-0.2, -0.15) is 0 Å². The molecule has 0 saturated heterocycles. The topological polar surface area (TPSA) is 67.2 Å². The van der Waals surface area contributed by atoms with Gasteiger partial charge in [0.15, 0.2) is 5.16 Å². The number of fused-ring (bicyclic) bond motifs is 3. The van der Waals surface area contributed by atoms with E-state index in [1.54, 1.807) is 23.9 Å². The normalized spacial score (nSPS) is 14.0. The van der Waals surface area contributed by atoms with Crippen LogP contribution >= 0.6 is 11.8 Å². The third-order valence-electron chi connectivity index (χ3n) is 5.48. The van der Waals surface area contributed by atoms with E-state index in [1.165, 1.54) is 6.07 Å². The van der Waals surface area contributed by atoms with Crippen LogP contribution in [0.4, 0.5) is 0 Å². The van der Waals surface area contributed by atoms with Crippen LogP contribution in [-0.4, -0.2) is 21.8 Å². The largest absolute Gasteiger partial charge is 0.545 e. The number of benzene rings is 3. The van der Waals surface area contributed by atoms with Crippen LogP contribution in [0.2, 0.25) is 0 Å². The van der Waals surface area contributed by atoms with Crippen LogP contribution in [0.1, 0.15) is 27.0 Å². The molecule has 0 unspecified atom stereocenters. The van der Waals surface area contributed by atoms with Gasteiger partial charge in [-0.1, -0.05) is 54.2 Å². The number of thioether (sulfide) groups is 1. The molecule has 0 fully saturated rings. The van der Waals surface area contributed by atoms with Crippen LogP contribution in [0.25, 0.3) is 16.6 Å². The summed E-state index contributed by atoms with van der Waals surface area (Å²) in [6.07, 6.45) is 4.14. The summed E-state index contributed by atoms with van der Waals surface area (Å²) in [5, 5.41) is 12.4. The molecule has 0 saturated carbocycles. The minimum atomic E-state index is -1.20. The van der Waals surface area contributed by atoms with Gasteiger partial charge in [0.1, 0.15) is 12.4 Å². The highest BCUT2D eigenvalue weighted by Gasteiger charge is 2.20. The van der Waals surface area contributed by atoms with Crippen molar-refractivity contribution in [2.45, 2.75) is 18.3 Å². The Hall–Kier alpha value is -3.51. The van der Waals surface area contributed by atoms with Gasteiger partial charge in [0.2, 0.25) is 0 Å². The Bertz CT molecular complexity index is 1340. The Balaban J connectivity index is 1.69. The first-order chi connectivity index (χ1) is 15.2. The van der Waals surface area contributed by atoms with E-state index in [1.807, 2.05) is 48.7 Å². The summed E-state index contributed by atoms with van der Waals surface area (Å²) in [6, 6.07) is 21.0. The van der Waals surface area contributed by atoms with Gasteiger partial charge in [-0.15, -0.1) is 0 Å². The van der Waals surface area contributed by atoms with Gasteiger partial charge in [-0.05, 0) is 58.9 Å². The zero-order valence-corrected chi connectivity index (χ0v) is 17.7. The maximum atomic E-state index is 11.5. The number of carboxylic acids is 1. The van der Waals surface area contributed by atoms with Crippen LogP contribution in [0.15, 0.2) is 78.0 Å². The third kappa shape index (κ3) is 3.49. The predicted molar refractivity (Wildman–Crippen MR) is 120 cm³/mol. The summed E-state index contributed by atoms with van der Waals surface area (Å²) in [6.45, 7) is 1.02. The lowest BCUT2D eigenvalue weighted by atomic mass is 9.93. The van der Waals surface area contributed by atoms with Crippen molar-refractivity contribution in [1.82, 2.24) is 9.55 Å². The molecule has 6 heteroatoms. The molecular formula is C25H19N2O3S-. The van der Waals surface area contributed by atoms with Crippen LogP contribution in [0.5, 0.6) is 5.75 Å². The highest BCUT2D eigenvalue weighted by atomic mass is 32.2. The smallest absolute Gasteiger partial charge is 0.169 e. The zero-order valence-electron chi connectivity index (χ0n) is 16.9. The molecule has 1 aliphatic rings. The van der Waals surface area contributed by atoms with E-state index < -0.39 is 5.97 Å². The number of allylic oxidation sites excluding steroid dienone is 1. The van der Waals surface area contributed by atoms with E-state index >= 15 is 0 Å². The number of carbonyl (C=O) groups excluding carboxylic acids is 1. The molecular weight excluding hydrogens is 408 g/mol. The highest BCUT2D eigenvalue weighted by molar-refractivity contribution is 7.98. The van der Waals surface area contributed by atoms with Gasteiger partial charge in [0, 0.05) is 12.1 Å². The summed E-state index contributed by atoms with van der Waals surface area (Å²) >= 11 is 1.60. The minimum absolute atomic E-state index is 0.130. The number of hydrogen-bond donors (Lipinski definition) is 0. The second-order valence-corrected chi connectivity index (χ2v) is 8.03. The van der Waals surface area contributed by atoms with E-state index in [2.05, 4.69) is 16.7 Å². The van der Waals surface area contributed by atoms with E-state index in [0.717, 1.165) is 38.5 Å². The summed E-state index contributed by atoms with van der Waals surface area (Å²) in [5.74, 6) is -0.544. The third-order valence-corrected chi connectivity index (χ3v) is 6.15. The lowest BCUT2D eigenvalue weighted by Gasteiger charge is -2.14. The van der Waals surface area contributed by atoms with Crippen molar-refractivity contribution in [2.75, 3.05) is 6.26 Å². The van der Waals surface area contributed by atoms with Crippen LogP contribution in [0, 0.1) is 0 Å². The molecule has 4 aromatic rings. The van der Waals surface area contributed by atoms with Gasteiger partial charge < -0.3 is 19.2 Å². The number of ether oxygens (including phenoxy) is 1. The van der Waals surface area contributed by atoms with Crippen LogP contribution in [-0.2, 0) is 13.2 Å². The molecule has 5 rings (SSSR count). The number of hydrogen-bond acceptors (Lipinski definition) is 5. The van der Waals surface area contributed by atoms with Gasteiger partial charge >= 0.3 is 0 Å². The number of imidazole rings is 1. The van der Waals surface area contributed by atoms with Crippen molar-refractivity contribution in [3.05, 3.63) is 95.1 Å². The fraction of sp³-hybridized carbons (Fsp3) is 0.120. The average Bonchev–Trinajstić information content (AvgIpc) is 3.08. The number of aromatic nitrogens is 2. The van der Waals surface area contributed by atoms with Crippen molar-refractivity contribution in [1.29, 1.82) is 0 Å². The quantitative estimate of drug-likeness (QED) is 0.458. The van der Waals surface area contributed by atoms with Crippen molar-refractivity contribution in [3.63, 3.8) is 0 Å². The molecule has 0 radical (unpaired) electrons. The molecule has 5 nitrogen and oxygen atoms in total. The maximum absolute atomic E-state index is 11.5. The second kappa shape index (κ2) is 7.96. The fourth-order valence-electron chi connectivity index (χ4n) is 3.99. The number of aromatic carboxylic acids is 1. The van der Waals surface area contributed by atoms with Crippen molar-refractivity contribution in [2.24, 2.45) is 0 Å². The van der Waals surface area contributed by atoms with Crippen molar-refractivity contribution >= 4 is 34.3 Å². The van der Waals surface area contributed by atoms with E-state index in [9.17, 15) is 9.90 Å². The van der Waals surface area contributed by atoms with Gasteiger partial charge in [0.25, 0.3) is 0 Å². The Morgan fingerprint density at radius 3 is 2.77 bits per heavy atom. The van der Waals surface area contributed by atoms with Gasteiger partial charge in [0.05, 0.1) is 17.0 Å². The van der Waals surface area contributed by atoms with Crippen molar-refractivity contribution < 1.29 is 14.6 Å². The summed E-state index contributed by atoms with van der Waals surface area (Å²) < 4.78 is 8.18. The molecule has 3 aromatic carbocycles. The molecule has 31 heavy (non-hydrogen) atoms. The first kappa shape index (κ1) is 19.5. The minimum Gasteiger partial charge on any atom is -0.545 e. The number of carboxylic acid groups (broad SMARTS) is 1. The lowest BCUT2D eigenvalue weighted by Crippen LogP contribution is -2.22. The molecule has 0 spiro atoms. The summed E-state index contributed by atoms with van der Waals surface area (Å²) in [5.41, 5.74) is 5.93. The van der Waals surface area contributed by atoms with Crippen molar-refractivity contribution in [3.8, 4) is 5.75 Å². The molecule has 0 aliphatic carbocycles. The monoisotopic (exact) mass is 427 g/mol. The molecule has 1 aliphatic heterocycles. The number of para-hydroxylation sites is 2. The van der Waals surface area contributed by atoms with Crippen LogP contribution < -0.4 is 9.84 Å². The Labute approximate surface area is 184 Å². The Morgan fingerprint density at radius 2 is 1.94 bits per heavy atom. The zero-order chi connectivity index (χ0) is 21.4. The predicted octanol–water partition coefficient (Wildman–Crippen LogP) is 4.15.